The highest BCUT2D eigenvalue weighted by atomic mass is 15.2. The number of para-hydroxylation sites is 4. The monoisotopic (exact) mass is 1200 g/mol. The number of rotatable bonds is 12. The molecule has 16 aromatic carbocycles. The third-order valence-electron chi connectivity index (χ3n) is 18.8. The second-order valence-electron chi connectivity index (χ2n) is 24.5. The van der Waals surface area contributed by atoms with Crippen molar-refractivity contribution in [3.05, 3.63) is 386 Å². The van der Waals surface area contributed by atoms with Gasteiger partial charge in [0.05, 0.1) is 0 Å². The highest BCUT2D eigenvalue weighted by molar-refractivity contribution is 5.95. The lowest BCUT2D eigenvalue weighted by Crippen LogP contribution is -2.13. The van der Waals surface area contributed by atoms with Crippen molar-refractivity contribution in [3.63, 3.8) is 0 Å². The molecular formula is C90H64N4. The Hall–Kier alpha value is -12.2. The summed E-state index contributed by atoms with van der Waals surface area (Å²) in [7, 11) is 0. The smallest absolute Gasteiger partial charge is 0.0468 e. The van der Waals surface area contributed by atoms with E-state index in [0.717, 1.165) is 68.2 Å². The van der Waals surface area contributed by atoms with E-state index in [4.69, 9.17) is 0 Å². The van der Waals surface area contributed by atoms with Gasteiger partial charge in [0.1, 0.15) is 0 Å². The van der Waals surface area contributed by atoms with Crippen LogP contribution in [0.4, 0.5) is 68.2 Å². The molecule has 0 fully saturated rings. The number of anilines is 12. The molecule has 1 aliphatic carbocycles. The zero-order valence-corrected chi connectivity index (χ0v) is 51.8. The largest absolute Gasteiger partial charge is 0.310 e. The Morgan fingerprint density at radius 1 is 0.138 bits per heavy atom. The van der Waals surface area contributed by atoms with Crippen LogP contribution in [0.25, 0.3) is 65.3 Å². The van der Waals surface area contributed by atoms with E-state index in [9.17, 15) is 0 Å². The van der Waals surface area contributed by atoms with Crippen molar-refractivity contribution in [2.45, 2.75) is 12.8 Å². The second-order valence-corrected chi connectivity index (χ2v) is 24.5. The molecule has 0 atom stereocenters. The maximum atomic E-state index is 2.47. The van der Waals surface area contributed by atoms with E-state index in [2.05, 4.69) is 384 Å². The predicted molar refractivity (Wildman–Crippen MR) is 398 cm³/mol. The molecule has 0 heterocycles. The lowest BCUT2D eigenvalue weighted by atomic mass is 9.83. The average Bonchev–Trinajstić information content (AvgIpc) is 1.05. The Kier molecular flexibility index (Phi) is 14.4. The van der Waals surface area contributed by atoms with Crippen LogP contribution in [0.3, 0.4) is 0 Å². The normalized spacial score (nSPS) is 11.7. The standard InChI is InChI=1S/C90H64N4/c1-5-29-75(30-6-1)91(79-41-37-63-21-13-17-25-67(63)55-79)83-45-49-87-71(59-83)53-72-60-84(92(76-31-7-2-8-32-76)80-42-38-64-22-14-18-26-68(64)56-80)47-51-89(72)90-52-48-86(94(78-35-11-4-12-36-78)82-44-40-66-24-16-20-28-70(66)58-82)62-74(90)54-73-61-85(46-50-88(73)87)93(77-33-9-3-10-34-77)81-43-39-65-23-15-19-27-69(65)57-81/h1-52,55-62H,53-54H2. The minimum atomic E-state index is 0.635. The van der Waals surface area contributed by atoms with E-state index in [1.54, 1.807) is 0 Å². The third kappa shape index (κ3) is 10.6. The van der Waals surface area contributed by atoms with Gasteiger partial charge >= 0.3 is 0 Å². The van der Waals surface area contributed by atoms with Crippen molar-refractivity contribution >= 4 is 111 Å². The summed E-state index contributed by atoms with van der Waals surface area (Å²) in [4.78, 5) is 9.71. The molecule has 16 aromatic rings. The van der Waals surface area contributed by atoms with Gasteiger partial charge in [-0.15, -0.1) is 0 Å². The summed E-state index contributed by atoms with van der Waals surface area (Å²) in [5, 5.41) is 9.62. The summed E-state index contributed by atoms with van der Waals surface area (Å²) >= 11 is 0. The third-order valence-corrected chi connectivity index (χ3v) is 18.8. The van der Waals surface area contributed by atoms with E-state index in [1.807, 2.05) is 0 Å². The Morgan fingerprint density at radius 3 is 0.543 bits per heavy atom. The molecule has 0 radical (unpaired) electrons. The van der Waals surface area contributed by atoms with Crippen LogP contribution in [0, 0.1) is 0 Å². The Bertz CT molecular complexity index is 4790. The highest BCUT2D eigenvalue weighted by Gasteiger charge is 2.26. The quantitative estimate of drug-likeness (QED) is 0.121. The van der Waals surface area contributed by atoms with Gasteiger partial charge in [-0.2, -0.15) is 0 Å². The summed E-state index contributed by atoms with van der Waals surface area (Å²) in [5.41, 5.74) is 22.8. The van der Waals surface area contributed by atoms with Crippen molar-refractivity contribution in [2.24, 2.45) is 0 Å². The van der Waals surface area contributed by atoms with Crippen LogP contribution in [0.2, 0.25) is 0 Å². The summed E-state index contributed by atoms with van der Waals surface area (Å²) in [5.74, 6) is 0. The maximum absolute atomic E-state index is 2.47. The van der Waals surface area contributed by atoms with Crippen LogP contribution in [0.15, 0.2) is 364 Å². The fraction of sp³-hybridized carbons (Fsp3) is 0.0222. The zero-order chi connectivity index (χ0) is 62.3. The van der Waals surface area contributed by atoms with Gasteiger partial charge in [-0.1, -0.05) is 218 Å². The molecule has 17 rings (SSSR count). The summed E-state index contributed by atoms with van der Waals surface area (Å²) in [6, 6.07) is 134. The molecule has 0 saturated carbocycles. The predicted octanol–water partition coefficient (Wildman–Crippen LogP) is 25.0. The van der Waals surface area contributed by atoms with Gasteiger partial charge in [0.15, 0.2) is 0 Å². The first kappa shape index (κ1) is 55.8. The molecule has 4 heteroatoms. The second kappa shape index (κ2) is 24.2. The van der Waals surface area contributed by atoms with Crippen LogP contribution in [0.1, 0.15) is 22.3 Å². The first-order valence-corrected chi connectivity index (χ1v) is 32.5. The zero-order valence-electron chi connectivity index (χ0n) is 51.8. The first-order chi connectivity index (χ1) is 46.6. The molecule has 0 unspecified atom stereocenters. The molecule has 0 bridgehead atoms. The van der Waals surface area contributed by atoms with Gasteiger partial charge in [0.2, 0.25) is 0 Å². The van der Waals surface area contributed by atoms with Crippen molar-refractivity contribution in [2.75, 3.05) is 19.6 Å². The van der Waals surface area contributed by atoms with Crippen LogP contribution in [-0.4, -0.2) is 0 Å². The first-order valence-electron chi connectivity index (χ1n) is 32.5. The molecule has 94 heavy (non-hydrogen) atoms. The number of fused-ring (bicyclic) bond motifs is 10. The molecule has 0 saturated heterocycles. The Morgan fingerprint density at radius 2 is 0.319 bits per heavy atom. The van der Waals surface area contributed by atoms with Gasteiger partial charge in [-0.05, 0) is 246 Å². The Balaban J connectivity index is 0.921. The van der Waals surface area contributed by atoms with Crippen molar-refractivity contribution in [1.29, 1.82) is 0 Å². The number of benzene rings is 16. The molecule has 1 aliphatic rings. The van der Waals surface area contributed by atoms with Gasteiger partial charge < -0.3 is 19.6 Å². The number of hydrogen-bond donors (Lipinski definition) is 0. The van der Waals surface area contributed by atoms with Crippen LogP contribution >= 0.6 is 0 Å². The molecule has 444 valence electrons. The average molecular weight is 1200 g/mol. The van der Waals surface area contributed by atoms with Gasteiger partial charge in [-0.25, -0.2) is 0 Å². The van der Waals surface area contributed by atoms with Gasteiger partial charge in [0.25, 0.3) is 0 Å². The van der Waals surface area contributed by atoms with Gasteiger partial charge in [-0.3, -0.25) is 0 Å². The van der Waals surface area contributed by atoms with Crippen molar-refractivity contribution in [1.82, 2.24) is 0 Å². The van der Waals surface area contributed by atoms with Crippen LogP contribution in [-0.2, 0) is 12.8 Å². The van der Waals surface area contributed by atoms with E-state index >= 15 is 0 Å². The molecule has 0 aliphatic heterocycles. The Labute approximate surface area is 549 Å². The van der Waals surface area contributed by atoms with E-state index < -0.39 is 0 Å². The summed E-state index contributed by atoms with van der Waals surface area (Å²) < 4.78 is 0. The van der Waals surface area contributed by atoms with Crippen molar-refractivity contribution in [3.8, 4) is 22.3 Å². The lowest BCUT2D eigenvalue weighted by molar-refractivity contribution is 1.13. The maximum Gasteiger partial charge on any atom is 0.0468 e. The fourth-order valence-corrected chi connectivity index (χ4v) is 14.3. The van der Waals surface area contributed by atoms with E-state index in [0.29, 0.717) is 12.8 Å². The number of hydrogen-bond acceptors (Lipinski definition) is 4. The van der Waals surface area contributed by atoms with E-state index in [1.165, 1.54) is 87.6 Å². The molecule has 0 spiro atoms. The topological polar surface area (TPSA) is 13.0 Å². The summed E-state index contributed by atoms with van der Waals surface area (Å²) in [6.07, 6.45) is 1.27. The van der Waals surface area contributed by atoms with Crippen molar-refractivity contribution < 1.29 is 0 Å². The minimum absolute atomic E-state index is 0.635. The minimum Gasteiger partial charge on any atom is -0.310 e. The molecule has 4 nitrogen and oxygen atoms in total. The number of nitrogens with zero attached hydrogens (tertiary/aromatic N) is 4. The molecule has 0 aromatic heterocycles. The summed E-state index contributed by atoms with van der Waals surface area (Å²) in [6.45, 7) is 0. The fourth-order valence-electron chi connectivity index (χ4n) is 14.3. The van der Waals surface area contributed by atoms with Crippen LogP contribution in [0.5, 0.6) is 0 Å². The molecule has 0 N–H and O–H groups in total. The van der Waals surface area contributed by atoms with Gasteiger partial charge in [0, 0.05) is 68.2 Å². The SMILES string of the molecule is c1ccc(N(c2ccc3c(c2)Cc2cc(N(c4ccccc4)c4ccc5ccccc5c4)ccc2-c2ccc(N(c4ccccc4)c4ccc5ccccc5c4)cc2Cc2cc(N(c4ccccc4)c4ccc5ccccc5c4)ccc2-3)c2ccc3ccccc3c2)cc1. The van der Waals surface area contributed by atoms with E-state index in [-0.39, 0.29) is 0 Å². The van der Waals surface area contributed by atoms with Crippen LogP contribution < -0.4 is 19.6 Å². The molecular weight excluding hydrogens is 1140 g/mol. The molecule has 0 amide bonds. The lowest BCUT2D eigenvalue weighted by Gasteiger charge is -2.30. The highest BCUT2D eigenvalue weighted by Crippen LogP contribution is 2.48.